The Morgan fingerprint density at radius 2 is 1.69 bits per heavy atom. The summed E-state index contributed by atoms with van der Waals surface area (Å²) in [5, 5.41) is 0. The van der Waals surface area contributed by atoms with Gasteiger partial charge in [0.2, 0.25) is 0 Å². The normalized spacial score (nSPS) is 43.8. The van der Waals surface area contributed by atoms with Crippen LogP contribution in [-0.4, -0.2) is 17.9 Å². The van der Waals surface area contributed by atoms with E-state index in [2.05, 4.69) is 13.8 Å². The average Bonchev–Trinajstić information content (AvgIpc) is 3.05. The standard InChI is InChI=1S/C26H34O3/c1-25-14-12-19(27)16-18(25)8-9-20-21-10-11-23(26(21,2)15-13-22(20)25)29-24(28)17-6-4-3-5-7-17/h3-7,18,20-23H,8-16H2,1-2H3/t18-,20-,21-,22-,23-,25-,26-/m1/s1. The molecule has 0 aromatic heterocycles. The Bertz CT molecular complexity index is 801. The Hall–Kier alpha value is -1.64. The molecule has 4 saturated carbocycles. The van der Waals surface area contributed by atoms with Crippen LogP contribution in [0.25, 0.3) is 0 Å². The number of rotatable bonds is 2. The first-order valence-corrected chi connectivity index (χ1v) is 11.7. The molecule has 4 aliphatic carbocycles. The van der Waals surface area contributed by atoms with Gasteiger partial charge >= 0.3 is 5.97 Å². The number of Topliss-reactive ketones (excluding diaryl/α,β-unsaturated/α-hetero) is 1. The second-order valence-electron chi connectivity index (χ2n) is 10.8. The van der Waals surface area contributed by atoms with Gasteiger partial charge in [0.15, 0.2) is 0 Å². The first-order chi connectivity index (χ1) is 13.9. The van der Waals surface area contributed by atoms with E-state index in [9.17, 15) is 9.59 Å². The minimum absolute atomic E-state index is 0.0413. The zero-order chi connectivity index (χ0) is 20.2. The fourth-order valence-corrected chi connectivity index (χ4v) is 7.96. The van der Waals surface area contributed by atoms with Gasteiger partial charge in [-0.2, -0.15) is 0 Å². The maximum Gasteiger partial charge on any atom is 0.338 e. The molecule has 4 aliphatic rings. The molecule has 156 valence electrons. The molecule has 0 heterocycles. The van der Waals surface area contributed by atoms with E-state index in [0.717, 1.165) is 43.9 Å². The molecule has 5 rings (SSSR count). The quantitative estimate of drug-likeness (QED) is 0.593. The minimum atomic E-state index is -0.166. The van der Waals surface area contributed by atoms with Crippen LogP contribution in [0.5, 0.6) is 0 Å². The van der Waals surface area contributed by atoms with E-state index in [-0.39, 0.29) is 17.5 Å². The topological polar surface area (TPSA) is 43.4 Å². The number of esters is 1. The molecule has 0 radical (unpaired) electrons. The number of carbonyl (C=O) groups excluding carboxylic acids is 2. The van der Waals surface area contributed by atoms with Crippen molar-refractivity contribution in [3.8, 4) is 0 Å². The third kappa shape index (κ3) is 2.99. The number of benzene rings is 1. The molecule has 3 heteroatoms. The van der Waals surface area contributed by atoms with Crippen LogP contribution in [0, 0.1) is 34.5 Å². The molecule has 4 fully saturated rings. The summed E-state index contributed by atoms with van der Waals surface area (Å²) in [6.45, 7) is 4.88. The predicted molar refractivity (Wildman–Crippen MR) is 112 cm³/mol. The Labute approximate surface area is 174 Å². The number of hydrogen-bond donors (Lipinski definition) is 0. The van der Waals surface area contributed by atoms with Crippen molar-refractivity contribution in [1.29, 1.82) is 0 Å². The SMILES string of the molecule is C[C@@]12CCC(=O)C[C@H]1CC[C@H]1[C@H]2CC[C@]2(C)[C@@H]1CC[C@H]2OC(=O)c1ccccc1. The van der Waals surface area contributed by atoms with Crippen molar-refractivity contribution in [2.45, 2.75) is 77.7 Å². The molecule has 1 aromatic rings. The zero-order valence-corrected chi connectivity index (χ0v) is 17.9. The van der Waals surface area contributed by atoms with Gasteiger partial charge in [0.05, 0.1) is 5.56 Å². The molecule has 0 unspecified atom stereocenters. The lowest BCUT2D eigenvalue weighted by Crippen LogP contribution is -2.54. The van der Waals surface area contributed by atoms with E-state index in [1.165, 1.54) is 25.7 Å². The van der Waals surface area contributed by atoms with E-state index >= 15 is 0 Å². The monoisotopic (exact) mass is 394 g/mol. The molecule has 0 spiro atoms. The van der Waals surface area contributed by atoms with Crippen LogP contribution < -0.4 is 0 Å². The fourth-order valence-electron chi connectivity index (χ4n) is 7.96. The molecule has 7 atom stereocenters. The number of carbonyl (C=O) groups is 2. The van der Waals surface area contributed by atoms with Crippen molar-refractivity contribution in [3.63, 3.8) is 0 Å². The second-order valence-corrected chi connectivity index (χ2v) is 10.8. The summed E-state index contributed by atoms with van der Waals surface area (Å²) in [5.74, 6) is 3.06. The van der Waals surface area contributed by atoms with Crippen LogP contribution >= 0.6 is 0 Å². The molecule has 0 amide bonds. The third-order valence-corrected chi connectivity index (χ3v) is 9.65. The van der Waals surface area contributed by atoms with Crippen molar-refractivity contribution in [3.05, 3.63) is 35.9 Å². The number of fused-ring (bicyclic) bond motifs is 5. The van der Waals surface area contributed by atoms with Gasteiger partial charge in [-0.05, 0) is 86.2 Å². The minimum Gasteiger partial charge on any atom is -0.458 e. The lowest BCUT2D eigenvalue weighted by molar-refractivity contribution is -0.142. The zero-order valence-electron chi connectivity index (χ0n) is 17.9. The first kappa shape index (κ1) is 19.3. The molecule has 0 saturated heterocycles. The van der Waals surface area contributed by atoms with Crippen molar-refractivity contribution in [2.24, 2.45) is 34.5 Å². The third-order valence-electron chi connectivity index (χ3n) is 9.65. The van der Waals surface area contributed by atoms with Gasteiger partial charge in [0.25, 0.3) is 0 Å². The molecule has 1 aromatic carbocycles. The van der Waals surface area contributed by atoms with E-state index in [1.54, 1.807) is 0 Å². The van der Waals surface area contributed by atoms with E-state index in [0.29, 0.717) is 28.6 Å². The number of hydrogen-bond acceptors (Lipinski definition) is 3. The average molecular weight is 395 g/mol. The molecule has 0 aliphatic heterocycles. The van der Waals surface area contributed by atoms with Gasteiger partial charge in [-0.15, -0.1) is 0 Å². The molecule has 0 N–H and O–H groups in total. The van der Waals surface area contributed by atoms with Crippen LogP contribution in [0.2, 0.25) is 0 Å². The molecular formula is C26H34O3. The lowest BCUT2D eigenvalue weighted by atomic mass is 9.45. The van der Waals surface area contributed by atoms with Gasteiger partial charge in [0.1, 0.15) is 11.9 Å². The summed E-state index contributed by atoms with van der Waals surface area (Å²) >= 11 is 0. The molecule has 29 heavy (non-hydrogen) atoms. The van der Waals surface area contributed by atoms with Gasteiger partial charge in [-0.3, -0.25) is 4.79 Å². The van der Waals surface area contributed by atoms with Gasteiger partial charge < -0.3 is 4.74 Å². The van der Waals surface area contributed by atoms with E-state index in [1.807, 2.05) is 30.3 Å². The maximum absolute atomic E-state index is 12.7. The highest BCUT2D eigenvalue weighted by molar-refractivity contribution is 5.89. The van der Waals surface area contributed by atoms with E-state index < -0.39 is 0 Å². The van der Waals surface area contributed by atoms with Crippen LogP contribution in [0.4, 0.5) is 0 Å². The van der Waals surface area contributed by atoms with Gasteiger partial charge in [-0.25, -0.2) is 4.79 Å². The smallest absolute Gasteiger partial charge is 0.338 e. The summed E-state index contributed by atoms with van der Waals surface area (Å²) in [4.78, 5) is 24.8. The summed E-state index contributed by atoms with van der Waals surface area (Å²) in [5.41, 5.74) is 1.11. The van der Waals surface area contributed by atoms with Crippen LogP contribution in [0.1, 0.15) is 82.0 Å². The Morgan fingerprint density at radius 1 is 0.931 bits per heavy atom. The van der Waals surface area contributed by atoms with Crippen molar-refractivity contribution in [1.82, 2.24) is 0 Å². The number of ketones is 1. The van der Waals surface area contributed by atoms with Crippen LogP contribution in [-0.2, 0) is 9.53 Å². The summed E-state index contributed by atoms with van der Waals surface area (Å²) in [7, 11) is 0. The highest BCUT2D eigenvalue weighted by atomic mass is 16.5. The van der Waals surface area contributed by atoms with Crippen LogP contribution in [0.3, 0.4) is 0 Å². The van der Waals surface area contributed by atoms with Crippen LogP contribution in [0.15, 0.2) is 30.3 Å². The largest absolute Gasteiger partial charge is 0.458 e. The predicted octanol–water partition coefficient (Wildman–Crippen LogP) is 5.82. The summed E-state index contributed by atoms with van der Waals surface area (Å²) in [6, 6.07) is 9.42. The van der Waals surface area contributed by atoms with Gasteiger partial charge in [0, 0.05) is 18.3 Å². The molecular weight excluding hydrogens is 360 g/mol. The summed E-state index contributed by atoms with van der Waals surface area (Å²) in [6.07, 6.45) is 9.79. The Kier molecular flexibility index (Phi) is 4.64. The second kappa shape index (κ2) is 6.96. The lowest BCUT2D eigenvalue weighted by Gasteiger charge is -2.60. The molecule has 3 nitrogen and oxygen atoms in total. The maximum atomic E-state index is 12.7. The highest BCUT2D eigenvalue weighted by Gasteiger charge is 2.61. The van der Waals surface area contributed by atoms with Gasteiger partial charge in [-0.1, -0.05) is 32.0 Å². The fraction of sp³-hybridized carbons (Fsp3) is 0.692. The Balaban J connectivity index is 1.34. The first-order valence-electron chi connectivity index (χ1n) is 11.7. The highest BCUT2D eigenvalue weighted by Crippen LogP contribution is 2.66. The summed E-state index contributed by atoms with van der Waals surface area (Å²) < 4.78 is 6.11. The van der Waals surface area contributed by atoms with E-state index in [4.69, 9.17) is 4.74 Å². The van der Waals surface area contributed by atoms with Crippen molar-refractivity contribution >= 4 is 11.8 Å². The van der Waals surface area contributed by atoms with Crippen molar-refractivity contribution < 1.29 is 14.3 Å². The Morgan fingerprint density at radius 3 is 2.48 bits per heavy atom. The number of ether oxygens (including phenoxy) is 1. The van der Waals surface area contributed by atoms with Crippen molar-refractivity contribution in [2.75, 3.05) is 0 Å². The molecule has 0 bridgehead atoms.